The number of hydrogen-bond acceptors (Lipinski definition) is 4. The Kier molecular flexibility index (Phi) is 4.53. The smallest absolute Gasteiger partial charge is 0.0826 e. The van der Waals surface area contributed by atoms with E-state index in [1.807, 2.05) is 11.3 Å². The van der Waals surface area contributed by atoms with Crippen LogP contribution < -0.4 is 5.32 Å². The fraction of sp³-hybridized carbons (Fsp3) is 0.733. The zero-order chi connectivity index (χ0) is 13.1. The predicted molar refractivity (Wildman–Crippen MR) is 79.9 cm³/mol. The lowest BCUT2D eigenvalue weighted by Gasteiger charge is -2.32. The van der Waals surface area contributed by atoms with Crippen LogP contribution in [0.4, 0.5) is 0 Å². The Balaban J connectivity index is 1.42. The van der Waals surface area contributed by atoms with Gasteiger partial charge in [-0.25, -0.2) is 0 Å². The van der Waals surface area contributed by atoms with Crippen LogP contribution in [0.1, 0.15) is 28.7 Å². The number of thiophene rings is 1. The maximum absolute atomic E-state index is 5.81. The molecule has 1 N–H and O–H groups in total. The second-order valence-corrected chi connectivity index (χ2v) is 6.75. The average molecular weight is 280 g/mol. The van der Waals surface area contributed by atoms with Crippen LogP contribution in [0.15, 0.2) is 6.07 Å². The molecule has 0 spiro atoms. The lowest BCUT2D eigenvalue weighted by Crippen LogP contribution is -2.46. The minimum Gasteiger partial charge on any atom is -0.374 e. The molecule has 1 fully saturated rings. The summed E-state index contributed by atoms with van der Waals surface area (Å²) in [6, 6.07) is 2.40. The number of hydrogen-bond donors (Lipinski definition) is 1. The Bertz CT molecular complexity index is 397. The van der Waals surface area contributed by atoms with Crippen molar-refractivity contribution >= 4 is 11.3 Å². The van der Waals surface area contributed by atoms with Gasteiger partial charge in [-0.1, -0.05) is 6.92 Å². The molecule has 0 aromatic carbocycles. The number of fused-ring (bicyclic) bond motifs is 1. The van der Waals surface area contributed by atoms with Crippen LogP contribution in [0.2, 0.25) is 0 Å². The first kappa shape index (κ1) is 13.6. The third kappa shape index (κ3) is 3.37. The van der Waals surface area contributed by atoms with Crippen molar-refractivity contribution in [2.75, 3.05) is 32.8 Å². The molecule has 3 rings (SSSR count). The van der Waals surface area contributed by atoms with Crippen LogP contribution >= 0.6 is 11.3 Å². The van der Waals surface area contributed by atoms with Crippen molar-refractivity contribution in [3.63, 3.8) is 0 Å². The van der Waals surface area contributed by atoms with Gasteiger partial charge in [-0.15, -0.1) is 11.3 Å². The van der Waals surface area contributed by atoms with E-state index in [1.54, 1.807) is 10.4 Å². The maximum atomic E-state index is 5.81. The van der Waals surface area contributed by atoms with E-state index in [-0.39, 0.29) is 0 Å². The zero-order valence-electron chi connectivity index (χ0n) is 11.8. The minimum absolute atomic E-state index is 0.362. The van der Waals surface area contributed by atoms with E-state index >= 15 is 0 Å². The molecule has 1 aliphatic heterocycles. The summed E-state index contributed by atoms with van der Waals surface area (Å²) in [4.78, 5) is 5.59. The number of aryl methyl sites for hydroxylation is 2. The van der Waals surface area contributed by atoms with E-state index in [0.29, 0.717) is 6.10 Å². The zero-order valence-corrected chi connectivity index (χ0v) is 12.6. The summed E-state index contributed by atoms with van der Waals surface area (Å²) in [7, 11) is 0. The molecule has 1 saturated heterocycles. The van der Waals surface area contributed by atoms with Crippen LogP contribution in [-0.2, 0) is 24.1 Å². The van der Waals surface area contributed by atoms with E-state index in [2.05, 4.69) is 23.2 Å². The van der Waals surface area contributed by atoms with Crippen molar-refractivity contribution in [3.8, 4) is 0 Å². The summed E-state index contributed by atoms with van der Waals surface area (Å²) in [6.45, 7) is 8.38. The van der Waals surface area contributed by atoms with Gasteiger partial charge in [0, 0.05) is 35.9 Å². The average Bonchev–Trinajstić information content (AvgIpc) is 3.00. The topological polar surface area (TPSA) is 24.5 Å². The molecule has 1 aliphatic carbocycles. The Morgan fingerprint density at radius 1 is 1.47 bits per heavy atom. The molecule has 4 heteroatoms. The monoisotopic (exact) mass is 280 g/mol. The first-order valence-corrected chi connectivity index (χ1v) is 8.32. The summed E-state index contributed by atoms with van der Waals surface area (Å²) in [5.41, 5.74) is 1.60. The van der Waals surface area contributed by atoms with Gasteiger partial charge in [-0.05, 0) is 37.4 Å². The van der Waals surface area contributed by atoms with Gasteiger partial charge < -0.3 is 10.1 Å². The summed E-state index contributed by atoms with van der Waals surface area (Å²) in [5.74, 6) is 0. The Morgan fingerprint density at radius 2 is 2.42 bits per heavy atom. The predicted octanol–water partition coefficient (Wildman–Crippen LogP) is 2.05. The molecule has 19 heavy (non-hydrogen) atoms. The van der Waals surface area contributed by atoms with Crippen molar-refractivity contribution < 1.29 is 4.74 Å². The van der Waals surface area contributed by atoms with Crippen molar-refractivity contribution in [3.05, 3.63) is 21.4 Å². The van der Waals surface area contributed by atoms with Crippen LogP contribution in [0.3, 0.4) is 0 Å². The van der Waals surface area contributed by atoms with E-state index in [9.17, 15) is 0 Å². The molecular weight excluding hydrogens is 256 g/mol. The van der Waals surface area contributed by atoms with E-state index in [1.165, 1.54) is 24.1 Å². The SMILES string of the molecule is CCN1CCOC(CNCc2cc3c(s2)CCC3)C1. The maximum Gasteiger partial charge on any atom is 0.0826 e. The third-order valence-electron chi connectivity index (χ3n) is 4.14. The summed E-state index contributed by atoms with van der Waals surface area (Å²) < 4.78 is 5.81. The highest BCUT2D eigenvalue weighted by molar-refractivity contribution is 7.12. The molecular formula is C15H24N2OS. The number of morpholine rings is 1. The molecule has 2 heterocycles. The second kappa shape index (κ2) is 6.35. The van der Waals surface area contributed by atoms with Gasteiger partial charge in [0.25, 0.3) is 0 Å². The van der Waals surface area contributed by atoms with Crippen molar-refractivity contribution in [2.24, 2.45) is 0 Å². The van der Waals surface area contributed by atoms with E-state index < -0.39 is 0 Å². The number of rotatable bonds is 5. The van der Waals surface area contributed by atoms with Gasteiger partial charge >= 0.3 is 0 Å². The minimum atomic E-state index is 0.362. The molecule has 0 saturated carbocycles. The van der Waals surface area contributed by atoms with Gasteiger partial charge in [0.2, 0.25) is 0 Å². The lowest BCUT2D eigenvalue weighted by molar-refractivity contribution is -0.0253. The quantitative estimate of drug-likeness (QED) is 0.893. The highest BCUT2D eigenvalue weighted by atomic mass is 32.1. The van der Waals surface area contributed by atoms with Gasteiger partial charge in [-0.3, -0.25) is 4.90 Å². The fourth-order valence-corrected chi connectivity index (χ4v) is 4.26. The Morgan fingerprint density at radius 3 is 3.26 bits per heavy atom. The van der Waals surface area contributed by atoms with Crippen LogP contribution in [0, 0.1) is 0 Å². The molecule has 3 nitrogen and oxygen atoms in total. The summed E-state index contributed by atoms with van der Waals surface area (Å²) >= 11 is 2.00. The molecule has 0 amide bonds. The lowest BCUT2D eigenvalue weighted by atomic mass is 10.2. The molecule has 0 radical (unpaired) electrons. The molecule has 1 aromatic rings. The van der Waals surface area contributed by atoms with Gasteiger partial charge in [-0.2, -0.15) is 0 Å². The van der Waals surface area contributed by atoms with Crippen molar-refractivity contribution in [1.82, 2.24) is 10.2 Å². The van der Waals surface area contributed by atoms with E-state index in [0.717, 1.165) is 39.3 Å². The Hall–Kier alpha value is -0.420. The number of nitrogens with one attached hydrogen (secondary N) is 1. The molecule has 1 aromatic heterocycles. The highest BCUT2D eigenvalue weighted by Gasteiger charge is 2.19. The first-order chi connectivity index (χ1) is 9.35. The summed E-state index contributed by atoms with van der Waals surface area (Å²) in [6.07, 6.45) is 4.32. The van der Waals surface area contributed by atoms with Crippen molar-refractivity contribution in [1.29, 1.82) is 0 Å². The first-order valence-electron chi connectivity index (χ1n) is 7.50. The normalized spacial score (nSPS) is 23.7. The molecule has 1 atom stereocenters. The number of ether oxygens (including phenoxy) is 1. The Labute approximate surface area is 119 Å². The van der Waals surface area contributed by atoms with Gasteiger partial charge in [0.15, 0.2) is 0 Å². The third-order valence-corrected chi connectivity index (χ3v) is 5.38. The largest absolute Gasteiger partial charge is 0.374 e. The molecule has 0 bridgehead atoms. The molecule has 1 unspecified atom stereocenters. The van der Waals surface area contributed by atoms with Gasteiger partial charge in [0.1, 0.15) is 0 Å². The molecule has 106 valence electrons. The molecule has 2 aliphatic rings. The standard InChI is InChI=1S/C15H24N2OS/c1-2-17-6-7-18-13(11-17)9-16-10-14-8-12-4-3-5-15(12)19-14/h8,13,16H,2-7,9-11H2,1H3. The second-order valence-electron chi connectivity index (χ2n) is 5.53. The van der Waals surface area contributed by atoms with Gasteiger partial charge in [0.05, 0.1) is 12.7 Å². The van der Waals surface area contributed by atoms with Crippen LogP contribution in [-0.4, -0.2) is 43.8 Å². The number of nitrogens with zero attached hydrogens (tertiary/aromatic N) is 1. The van der Waals surface area contributed by atoms with Crippen LogP contribution in [0.25, 0.3) is 0 Å². The number of likely N-dealkylation sites (N-methyl/N-ethyl adjacent to an activating group) is 1. The van der Waals surface area contributed by atoms with E-state index in [4.69, 9.17) is 4.74 Å². The summed E-state index contributed by atoms with van der Waals surface area (Å²) in [5, 5.41) is 3.56. The fourth-order valence-electron chi connectivity index (χ4n) is 3.03. The highest BCUT2D eigenvalue weighted by Crippen LogP contribution is 2.30. The van der Waals surface area contributed by atoms with Crippen molar-refractivity contribution in [2.45, 2.75) is 38.8 Å². The van der Waals surface area contributed by atoms with Crippen LogP contribution in [0.5, 0.6) is 0 Å².